The van der Waals surface area contributed by atoms with Gasteiger partial charge in [0.1, 0.15) is 0 Å². The maximum Gasteiger partial charge on any atom is 0.0999 e. The van der Waals surface area contributed by atoms with E-state index in [1.165, 1.54) is 12.8 Å². The summed E-state index contributed by atoms with van der Waals surface area (Å²) in [6, 6.07) is 8.22. The number of rotatable bonds is 30. The Morgan fingerprint density at radius 3 is 0.933 bits per heavy atom. The first kappa shape index (κ1) is 84.3. The Kier molecular flexibility index (Phi) is 26.6. The van der Waals surface area contributed by atoms with Crippen LogP contribution in [0.15, 0.2) is 173 Å². The van der Waals surface area contributed by atoms with Gasteiger partial charge in [-0.25, -0.2) is 38.0 Å². The minimum Gasteiger partial charge on any atom is -0.394 e. The highest BCUT2D eigenvalue weighted by Crippen LogP contribution is 2.38. The molecule has 0 saturated heterocycles. The van der Waals surface area contributed by atoms with Crippen LogP contribution in [0.2, 0.25) is 0 Å². The van der Waals surface area contributed by atoms with Gasteiger partial charge in [-0.3, -0.25) is 37.5 Å². The van der Waals surface area contributed by atoms with Crippen LogP contribution in [-0.4, -0.2) is 228 Å². The lowest BCUT2D eigenvalue weighted by molar-refractivity contribution is 0.0535. The molecule has 0 bridgehead atoms. The third-order valence-electron chi connectivity index (χ3n) is 22.9. The predicted octanol–water partition coefficient (Wildman–Crippen LogP) is 10.4. The number of fused-ring (bicyclic) bond motifs is 4. The molecule has 36 nitrogen and oxygen atoms in total. The molecular formula is C84H106N28O8. The fourth-order valence-corrected chi connectivity index (χ4v) is 15.2. The molecule has 120 heavy (non-hydrogen) atoms. The monoisotopic (exact) mass is 1630 g/mol. The topological polar surface area (TPSA) is 425 Å². The van der Waals surface area contributed by atoms with Crippen LogP contribution >= 0.6 is 0 Å². The van der Waals surface area contributed by atoms with Gasteiger partial charge in [-0.15, -0.1) is 0 Å². The molecule has 16 aromatic heterocycles. The van der Waals surface area contributed by atoms with Crippen molar-refractivity contribution in [2.24, 2.45) is 5.92 Å². The normalized spacial score (nSPS) is 15.5. The Labute approximate surface area is 692 Å². The molecule has 1 aliphatic rings. The molecule has 9 atom stereocenters. The molecule has 1 fully saturated rings. The summed E-state index contributed by atoms with van der Waals surface area (Å²) in [7, 11) is 0. The van der Waals surface area contributed by atoms with Gasteiger partial charge < -0.3 is 40.9 Å². The summed E-state index contributed by atoms with van der Waals surface area (Å²) in [6.45, 7) is 19.6. The van der Waals surface area contributed by atoms with Crippen molar-refractivity contribution >= 4 is 22.1 Å². The summed E-state index contributed by atoms with van der Waals surface area (Å²) in [6.07, 6.45) is 50.4. The zero-order valence-corrected chi connectivity index (χ0v) is 69.1. The SMILES string of the molecule is CCC(CC)n1cc(-c2nc(-c3cnn([C@@H](C)[C@@H](O)CO)c3)cn3nccc23)cn1.CCC(CC)n1cc(-c2nc(-c3cnn([C@H](C)[C@@H](O)CO)c3)cn3nccc23)cn1.CCC(CC)n1cc(-c2nc(-c3cnn([C@H](C)[C@H](O)CO)c3)cn3nccc23)cn1.C[C@H]1CCC[C@H]1n1cc(-c2nc(-c3cnn(C[C@@H](O)CO)c3)cn3nccc23)cn1. The van der Waals surface area contributed by atoms with Gasteiger partial charge in [0.15, 0.2) is 0 Å². The lowest BCUT2D eigenvalue weighted by Crippen LogP contribution is -2.25. The highest BCUT2D eigenvalue weighted by molar-refractivity contribution is 5.81. The molecule has 0 spiro atoms. The fraction of sp³-hybridized carbons (Fsp3) is 0.429. The van der Waals surface area contributed by atoms with E-state index in [0.29, 0.717) is 47.2 Å². The van der Waals surface area contributed by atoms with E-state index in [-0.39, 0.29) is 51.1 Å². The van der Waals surface area contributed by atoms with E-state index in [1.807, 2.05) is 136 Å². The number of aromatic nitrogens is 28. The van der Waals surface area contributed by atoms with Crippen molar-refractivity contribution < 1.29 is 40.9 Å². The highest BCUT2D eigenvalue weighted by Gasteiger charge is 2.28. The van der Waals surface area contributed by atoms with Crippen LogP contribution in [0.1, 0.15) is 169 Å². The third kappa shape index (κ3) is 18.1. The Bertz CT molecular complexity index is 5550. The average Bonchev–Trinajstić information content (AvgIpc) is 1.63. The second-order valence-electron chi connectivity index (χ2n) is 30.7. The van der Waals surface area contributed by atoms with Crippen molar-refractivity contribution in [1.82, 2.24) is 137 Å². The van der Waals surface area contributed by atoms with Crippen LogP contribution in [0.5, 0.6) is 0 Å². The molecule has 17 rings (SSSR count). The Morgan fingerprint density at radius 1 is 0.333 bits per heavy atom. The van der Waals surface area contributed by atoms with Crippen molar-refractivity contribution in [1.29, 1.82) is 0 Å². The number of hydrogen-bond acceptors (Lipinski definition) is 24. The number of aliphatic hydroxyl groups is 8. The van der Waals surface area contributed by atoms with E-state index < -0.39 is 24.4 Å². The van der Waals surface area contributed by atoms with Gasteiger partial charge in [0.2, 0.25) is 0 Å². The molecule has 0 amide bonds. The van der Waals surface area contributed by atoms with Gasteiger partial charge in [0, 0.05) is 94.1 Å². The van der Waals surface area contributed by atoms with E-state index >= 15 is 0 Å². The van der Waals surface area contributed by atoms with Crippen molar-refractivity contribution in [3.05, 3.63) is 173 Å². The maximum absolute atomic E-state index is 9.90. The van der Waals surface area contributed by atoms with Crippen molar-refractivity contribution in [3.8, 4) is 90.1 Å². The van der Waals surface area contributed by atoms with Crippen molar-refractivity contribution in [2.75, 3.05) is 26.4 Å². The molecular weight excluding hydrogens is 1530 g/mol. The predicted molar refractivity (Wildman–Crippen MR) is 449 cm³/mol. The lowest BCUT2D eigenvalue weighted by atomic mass is 10.1. The Morgan fingerprint density at radius 2 is 0.625 bits per heavy atom. The second-order valence-corrected chi connectivity index (χ2v) is 30.7. The summed E-state index contributed by atoms with van der Waals surface area (Å²) in [5.41, 5.74) is 16.7. The number of aliphatic hydroxyl groups excluding tert-OH is 8. The minimum absolute atomic E-state index is 0.222. The number of hydrogen-bond donors (Lipinski definition) is 8. The van der Waals surface area contributed by atoms with Gasteiger partial charge in [-0.2, -0.15) is 61.2 Å². The van der Waals surface area contributed by atoms with Crippen LogP contribution in [0, 0.1) is 5.92 Å². The number of nitrogens with zero attached hydrogens (tertiary/aromatic N) is 28. The molecule has 16 heterocycles. The van der Waals surface area contributed by atoms with Gasteiger partial charge in [-0.1, -0.05) is 54.9 Å². The van der Waals surface area contributed by atoms with Crippen LogP contribution in [0.4, 0.5) is 0 Å². The van der Waals surface area contributed by atoms with Crippen LogP contribution in [-0.2, 0) is 6.54 Å². The Hall–Kier alpha value is -12.2. The largest absolute Gasteiger partial charge is 0.394 e. The minimum atomic E-state index is -0.884. The van der Waals surface area contributed by atoms with Crippen LogP contribution in [0.3, 0.4) is 0 Å². The fourth-order valence-electron chi connectivity index (χ4n) is 15.2. The summed E-state index contributed by atoms with van der Waals surface area (Å²) in [5, 5.41) is 129. The van der Waals surface area contributed by atoms with E-state index in [2.05, 4.69) is 121 Å². The highest BCUT2D eigenvalue weighted by atomic mass is 16.3. The molecule has 8 N–H and O–H groups in total. The quantitative estimate of drug-likeness (QED) is 0.0207. The van der Waals surface area contributed by atoms with Gasteiger partial charge in [-0.05, 0) is 102 Å². The third-order valence-corrected chi connectivity index (χ3v) is 22.9. The molecule has 630 valence electrons. The first-order valence-electron chi connectivity index (χ1n) is 41.2. The van der Waals surface area contributed by atoms with Gasteiger partial charge >= 0.3 is 0 Å². The van der Waals surface area contributed by atoms with E-state index in [4.69, 9.17) is 25.0 Å². The smallest absolute Gasteiger partial charge is 0.0999 e. The van der Waals surface area contributed by atoms with E-state index in [1.54, 1.807) is 103 Å². The molecule has 0 unspecified atom stereocenters. The standard InChI is InChI=1S/C21H25N7O2.3C21H27N7O2/c1-14-3-2-4-19(14)27-10-16(8-24-27)21-20-5-6-22-28(20)12-18(25-21)15-7-23-26(9-15)11-17(30)13-29;3*1-4-17(5-2)27-11-16(9-24-27)21-19-6-7-22-28(19)12-18(25-21)15-8-23-26(10-15)14(3)20(30)13-29/h5-10,12,14,17,19,29-30H,2-4,11,13H2,1H3;3*6-12,14,17,20,29-30H,4-5,13H2,1-3H3/t14-,17+,19+;14-,20+;2*14-,20-/m0110/s1. The molecule has 36 heteroatoms. The maximum atomic E-state index is 9.90. The van der Waals surface area contributed by atoms with E-state index in [0.717, 1.165) is 140 Å². The lowest BCUT2D eigenvalue weighted by Gasteiger charge is -2.16. The first-order chi connectivity index (χ1) is 58.3. The molecule has 16 aromatic rings. The second kappa shape index (κ2) is 37.8. The summed E-state index contributed by atoms with van der Waals surface area (Å²) < 4.78 is 21.8. The first-order valence-corrected chi connectivity index (χ1v) is 41.2. The van der Waals surface area contributed by atoms with Crippen LogP contribution < -0.4 is 0 Å². The van der Waals surface area contributed by atoms with Crippen molar-refractivity contribution in [2.45, 2.75) is 200 Å². The molecule has 0 radical (unpaired) electrons. The molecule has 0 aliphatic heterocycles. The average molecular weight is 1640 g/mol. The summed E-state index contributed by atoms with van der Waals surface area (Å²) >= 11 is 0. The molecule has 1 saturated carbocycles. The van der Waals surface area contributed by atoms with Gasteiger partial charge in [0.25, 0.3) is 0 Å². The van der Waals surface area contributed by atoms with E-state index in [9.17, 15) is 35.7 Å². The zero-order valence-electron chi connectivity index (χ0n) is 69.1. The van der Waals surface area contributed by atoms with Crippen LogP contribution in [0.25, 0.3) is 112 Å². The van der Waals surface area contributed by atoms with Gasteiger partial charge in [0.05, 0.1) is 266 Å². The Balaban J connectivity index is 0.000000131. The molecule has 0 aromatic carbocycles. The zero-order chi connectivity index (χ0) is 84.4. The van der Waals surface area contributed by atoms with Crippen molar-refractivity contribution in [3.63, 3.8) is 0 Å². The summed E-state index contributed by atoms with van der Waals surface area (Å²) in [5.74, 6) is 0.632. The summed E-state index contributed by atoms with van der Waals surface area (Å²) in [4.78, 5) is 19.6. The molecule has 1 aliphatic carbocycles.